The largest absolute Gasteiger partial charge is 0.399 e. The molecule has 1 unspecified atom stereocenters. The van der Waals surface area contributed by atoms with E-state index in [1.807, 2.05) is 30.0 Å². The Balaban J connectivity index is 1.80. The molecule has 1 aromatic carbocycles. The van der Waals surface area contributed by atoms with Crippen molar-refractivity contribution in [3.05, 3.63) is 18.2 Å². The Morgan fingerprint density at radius 2 is 2.35 bits per heavy atom. The van der Waals surface area contributed by atoms with Gasteiger partial charge in [0.15, 0.2) is 5.16 Å². The SMILES string of the molecule is Nc1ccc2nc(SC3CCCNC3)[nH]c2c1. The van der Waals surface area contributed by atoms with Crippen LogP contribution in [0.25, 0.3) is 11.0 Å². The second-order valence-electron chi connectivity index (χ2n) is 4.40. The van der Waals surface area contributed by atoms with Gasteiger partial charge in [-0.15, -0.1) is 0 Å². The zero-order valence-electron chi connectivity index (χ0n) is 9.57. The van der Waals surface area contributed by atoms with Crippen molar-refractivity contribution >= 4 is 28.5 Å². The molecule has 17 heavy (non-hydrogen) atoms. The van der Waals surface area contributed by atoms with E-state index in [9.17, 15) is 0 Å². The first-order valence-corrected chi connectivity index (χ1v) is 6.82. The molecule has 2 heterocycles. The minimum Gasteiger partial charge on any atom is -0.399 e. The number of aromatic amines is 1. The Hall–Kier alpha value is -1.20. The maximum atomic E-state index is 5.75. The number of nitrogens with two attached hydrogens (primary N) is 1. The number of piperidine rings is 1. The molecule has 1 aliphatic heterocycles. The maximum Gasteiger partial charge on any atom is 0.166 e. The van der Waals surface area contributed by atoms with Crippen LogP contribution in [0.4, 0.5) is 5.69 Å². The van der Waals surface area contributed by atoms with Crippen LogP contribution in [0.2, 0.25) is 0 Å². The minimum atomic E-state index is 0.627. The molecule has 5 heteroatoms. The number of thioether (sulfide) groups is 1. The van der Waals surface area contributed by atoms with E-state index in [0.29, 0.717) is 5.25 Å². The van der Waals surface area contributed by atoms with E-state index in [4.69, 9.17) is 5.73 Å². The topological polar surface area (TPSA) is 66.7 Å². The van der Waals surface area contributed by atoms with Crippen LogP contribution in [0, 0.1) is 0 Å². The van der Waals surface area contributed by atoms with Crippen LogP contribution >= 0.6 is 11.8 Å². The van der Waals surface area contributed by atoms with Gasteiger partial charge in [0.2, 0.25) is 0 Å². The smallest absolute Gasteiger partial charge is 0.166 e. The average Bonchev–Trinajstić information content (AvgIpc) is 2.71. The molecule has 0 radical (unpaired) electrons. The van der Waals surface area contributed by atoms with Gasteiger partial charge >= 0.3 is 0 Å². The van der Waals surface area contributed by atoms with Gasteiger partial charge in [0.05, 0.1) is 11.0 Å². The second kappa shape index (κ2) is 4.58. The Kier molecular flexibility index (Phi) is 2.94. The van der Waals surface area contributed by atoms with Crippen LogP contribution < -0.4 is 11.1 Å². The van der Waals surface area contributed by atoms with E-state index in [0.717, 1.165) is 35.0 Å². The molecule has 4 nitrogen and oxygen atoms in total. The van der Waals surface area contributed by atoms with Crippen LogP contribution in [0.3, 0.4) is 0 Å². The number of benzene rings is 1. The number of rotatable bonds is 2. The Morgan fingerprint density at radius 1 is 1.41 bits per heavy atom. The zero-order valence-corrected chi connectivity index (χ0v) is 10.4. The van der Waals surface area contributed by atoms with E-state index in [2.05, 4.69) is 15.3 Å². The predicted molar refractivity (Wildman–Crippen MR) is 72.3 cm³/mol. The van der Waals surface area contributed by atoms with Crippen molar-refractivity contribution < 1.29 is 0 Å². The highest BCUT2D eigenvalue weighted by Crippen LogP contribution is 2.27. The number of nitrogen functional groups attached to an aromatic ring is 1. The van der Waals surface area contributed by atoms with Crippen LogP contribution in [-0.4, -0.2) is 28.3 Å². The molecular formula is C12H16N4S. The van der Waals surface area contributed by atoms with Crippen molar-refractivity contribution in [2.24, 2.45) is 0 Å². The monoisotopic (exact) mass is 248 g/mol. The van der Waals surface area contributed by atoms with Crippen LogP contribution in [-0.2, 0) is 0 Å². The summed E-state index contributed by atoms with van der Waals surface area (Å²) >= 11 is 1.83. The summed E-state index contributed by atoms with van der Waals surface area (Å²) in [4.78, 5) is 7.90. The summed E-state index contributed by atoms with van der Waals surface area (Å²) in [5, 5.41) is 5.04. The summed E-state index contributed by atoms with van der Waals surface area (Å²) in [6, 6.07) is 5.79. The average molecular weight is 248 g/mol. The van der Waals surface area contributed by atoms with E-state index < -0.39 is 0 Å². The number of imidazole rings is 1. The molecule has 0 amide bonds. The number of anilines is 1. The molecule has 0 bridgehead atoms. The third-order valence-corrected chi connectivity index (χ3v) is 4.17. The lowest BCUT2D eigenvalue weighted by molar-refractivity contribution is 0.531. The van der Waals surface area contributed by atoms with Crippen LogP contribution in [0.1, 0.15) is 12.8 Å². The number of fused-ring (bicyclic) bond motifs is 1. The van der Waals surface area contributed by atoms with Crippen LogP contribution in [0.5, 0.6) is 0 Å². The van der Waals surface area contributed by atoms with E-state index in [1.165, 1.54) is 12.8 Å². The molecular weight excluding hydrogens is 232 g/mol. The molecule has 0 aliphatic carbocycles. The van der Waals surface area contributed by atoms with Crippen molar-refractivity contribution in [1.82, 2.24) is 15.3 Å². The Morgan fingerprint density at radius 3 is 3.18 bits per heavy atom. The first-order chi connectivity index (χ1) is 8.31. The molecule has 1 fully saturated rings. The molecule has 1 aromatic heterocycles. The third-order valence-electron chi connectivity index (χ3n) is 3.01. The zero-order chi connectivity index (χ0) is 11.7. The Bertz CT molecular complexity index is 516. The molecule has 2 aromatic rings. The molecule has 1 aliphatic rings. The lowest BCUT2D eigenvalue weighted by atomic mass is 10.2. The van der Waals surface area contributed by atoms with E-state index in [1.54, 1.807) is 0 Å². The normalized spacial score (nSPS) is 20.8. The molecule has 4 N–H and O–H groups in total. The van der Waals surface area contributed by atoms with Gasteiger partial charge < -0.3 is 16.0 Å². The third kappa shape index (κ3) is 2.40. The van der Waals surface area contributed by atoms with E-state index in [-0.39, 0.29) is 0 Å². The number of hydrogen-bond acceptors (Lipinski definition) is 4. The second-order valence-corrected chi connectivity index (χ2v) is 5.69. The van der Waals surface area contributed by atoms with Crippen LogP contribution in [0.15, 0.2) is 23.4 Å². The quantitative estimate of drug-likeness (QED) is 0.711. The highest BCUT2D eigenvalue weighted by Gasteiger charge is 2.16. The van der Waals surface area contributed by atoms with Gasteiger partial charge in [-0.1, -0.05) is 11.8 Å². The van der Waals surface area contributed by atoms with E-state index >= 15 is 0 Å². The molecule has 1 atom stereocenters. The number of nitrogens with one attached hydrogen (secondary N) is 2. The summed E-state index contributed by atoms with van der Waals surface area (Å²) in [5.41, 5.74) is 8.54. The van der Waals surface area contributed by atoms with Crippen molar-refractivity contribution in [2.45, 2.75) is 23.2 Å². The maximum absolute atomic E-state index is 5.75. The lowest BCUT2D eigenvalue weighted by Gasteiger charge is -2.20. The number of hydrogen-bond donors (Lipinski definition) is 3. The summed E-state index contributed by atoms with van der Waals surface area (Å²) in [5.74, 6) is 0. The fraction of sp³-hybridized carbons (Fsp3) is 0.417. The van der Waals surface area contributed by atoms with Gasteiger partial charge in [-0.3, -0.25) is 0 Å². The first-order valence-electron chi connectivity index (χ1n) is 5.94. The summed E-state index contributed by atoms with van der Waals surface area (Å²) in [6.45, 7) is 2.22. The number of nitrogens with zero attached hydrogens (tertiary/aromatic N) is 1. The molecule has 0 saturated carbocycles. The predicted octanol–water partition coefficient (Wildman–Crippen LogP) is 1.99. The molecule has 0 spiro atoms. The van der Waals surface area contributed by atoms with Gasteiger partial charge in [0, 0.05) is 17.5 Å². The van der Waals surface area contributed by atoms with Gasteiger partial charge in [-0.05, 0) is 37.6 Å². The highest BCUT2D eigenvalue weighted by atomic mass is 32.2. The summed E-state index contributed by atoms with van der Waals surface area (Å²) in [7, 11) is 0. The van der Waals surface area contributed by atoms with Gasteiger partial charge in [0.1, 0.15) is 0 Å². The molecule has 3 rings (SSSR count). The van der Waals surface area contributed by atoms with Gasteiger partial charge in [0.25, 0.3) is 0 Å². The van der Waals surface area contributed by atoms with Gasteiger partial charge in [-0.25, -0.2) is 4.98 Å². The number of aromatic nitrogens is 2. The fourth-order valence-corrected chi connectivity index (χ4v) is 3.26. The van der Waals surface area contributed by atoms with Crippen molar-refractivity contribution in [3.63, 3.8) is 0 Å². The fourth-order valence-electron chi connectivity index (χ4n) is 2.14. The molecule has 1 saturated heterocycles. The highest BCUT2D eigenvalue weighted by molar-refractivity contribution is 7.99. The Labute approximate surface area is 104 Å². The lowest BCUT2D eigenvalue weighted by Crippen LogP contribution is -2.31. The van der Waals surface area contributed by atoms with Crippen molar-refractivity contribution in [2.75, 3.05) is 18.8 Å². The van der Waals surface area contributed by atoms with Gasteiger partial charge in [-0.2, -0.15) is 0 Å². The minimum absolute atomic E-state index is 0.627. The van der Waals surface area contributed by atoms with Crippen molar-refractivity contribution in [1.29, 1.82) is 0 Å². The molecule has 90 valence electrons. The summed E-state index contributed by atoms with van der Waals surface area (Å²) < 4.78 is 0. The van der Waals surface area contributed by atoms with Crippen molar-refractivity contribution in [3.8, 4) is 0 Å². The first kappa shape index (κ1) is 10.9. The standard InChI is InChI=1S/C12H16N4S/c13-8-3-4-10-11(6-8)16-12(15-10)17-9-2-1-5-14-7-9/h3-4,6,9,14H,1-2,5,7,13H2,(H,15,16). The summed E-state index contributed by atoms with van der Waals surface area (Å²) in [6.07, 6.45) is 2.52. The number of H-pyrrole nitrogens is 1.